The minimum atomic E-state index is -0.565. The van der Waals surface area contributed by atoms with Gasteiger partial charge in [-0.15, -0.1) is 0 Å². The molecule has 0 aromatic heterocycles. The van der Waals surface area contributed by atoms with Crippen LogP contribution in [0.25, 0.3) is 0 Å². The van der Waals surface area contributed by atoms with E-state index in [1.807, 2.05) is 49.4 Å². The van der Waals surface area contributed by atoms with Crippen LogP contribution in [0.1, 0.15) is 35.8 Å². The number of nitriles is 1. The number of methoxy groups -OCH3 is 2. The molecule has 7 heteroatoms. The lowest BCUT2D eigenvalue weighted by Crippen LogP contribution is -2.46. The Morgan fingerprint density at radius 3 is 2.33 bits per heavy atom. The highest BCUT2D eigenvalue weighted by Crippen LogP contribution is 2.48. The third-order valence-electron chi connectivity index (χ3n) is 6.35. The van der Waals surface area contributed by atoms with Crippen LogP contribution in [0, 0.1) is 11.3 Å². The molecule has 1 heterocycles. The van der Waals surface area contributed by atoms with Gasteiger partial charge in [-0.2, -0.15) is 5.26 Å². The van der Waals surface area contributed by atoms with Gasteiger partial charge in [-0.25, -0.2) is 5.01 Å². The molecule has 2 N–H and O–H groups in total. The predicted octanol–water partition coefficient (Wildman–Crippen LogP) is 3.67. The molecule has 170 valence electrons. The van der Waals surface area contributed by atoms with Gasteiger partial charge >= 0.3 is 0 Å². The summed E-state index contributed by atoms with van der Waals surface area (Å²) >= 11 is 0. The van der Waals surface area contributed by atoms with E-state index in [0.29, 0.717) is 41.3 Å². The SMILES string of the molecule is COc1ccc(C2C(C#N)=C(N)N(N(C)C)C3=C2C(=O)CC(c2ccccc2)C3)cc1OC. The van der Waals surface area contributed by atoms with Crippen molar-refractivity contribution in [3.8, 4) is 17.6 Å². The van der Waals surface area contributed by atoms with E-state index in [0.717, 1.165) is 16.8 Å². The predicted molar refractivity (Wildman–Crippen MR) is 125 cm³/mol. The Morgan fingerprint density at radius 1 is 1.03 bits per heavy atom. The molecule has 0 amide bonds. The fourth-order valence-corrected chi connectivity index (χ4v) is 4.90. The Bertz CT molecular complexity index is 1180. The first-order valence-corrected chi connectivity index (χ1v) is 10.8. The molecule has 0 fully saturated rings. The third-order valence-corrected chi connectivity index (χ3v) is 6.35. The number of hydrogen-bond donors (Lipinski definition) is 1. The first kappa shape index (κ1) is 22.4. The molecule has 0 bridgehead atoms. The van der Waals surface area contributed by atoms with Gasteiger partial charge in [0, 0.05) is 31.8 Å². The number of rotatable bonds is 5. The first-order chi connectivity index (χ1) is 15.9. The van der Waals surface area contributed by atoms with Crippen molar-refractivity contribution in [3.63, 3.8) is 0 Å². The molecular formula is C26H28N4O3. The summed E-state index contributed by atoms with van der Waals surface area (Å²) < 4.78 is 10.9. The molecule has 0 radical (unpaired) electrons. The van der Waals surface area contributed by atoms with Gasteiger partial charge < -0.3 is 15.2 Å². The molecule has 4 rings (SSSR count). The molecule has 1 aliphatic carbocycles. The van der Waals surface area contributed by atoms with Crippen LogP contribution < -0.4 is 15.2 Å². The standard InChI is InChI=1S/C26H28N4O3/c1-29(2)30-20-12-18(16-8-6-5-7-9-16)13-21(31)25(20)24(19(15-27)26(30)28)17-10-11-22(32-3)23(14-17)33-4/h5-11,14,18,24H,12-13,28H2,1-4H3. The quantitative estimate of drug-likeness (QED) is 0.752. The van der Waals surface area contributed by atoms with Crippen LogP contribution in [-0.2, 0) is 4.79 Å². The number of nitrogens with two attached hydrogens (primary N) is 1. The van der Waals surface area contributed by atoms with Crippen LogP contribution in [0.5, 0.6) is 11.5 Å². The van der Waals surface area contributed by atoms with E-state index < -0.39 is 5.92 Å². The summed E-state index contributed by atoms with van der Waals surface area (Å²) in [6.07, 6.45) is 1.03. The van der Waals surface area contributed by atoms with Crippen molar-refractivity contribution in [2.75, 3.05) is 28.3 Å². The van der Waals surface area contributed by atoms with Crippen molar-refractivity contribution >= 4 is 5.78 Å². The lowest BCUT2D eigenvalue weighted by molar-refractivity contribution is -0.117. The maximum Gasteiger partial charge on any atom is 0.162 e. The number of ketones is 1. The Morgan fingerprint density at radius 2 is 1.73 bits per heavy atom. The summed E-state index contributed by atoms with van der Waals surface area (Å²) in [6, 6.07) is 17.8. The van der Waals surface area contributed by atoms with E-state index in [9.17, 15) is 10.1 Å². The number of carbonyl (C=O) groups is 1. The van der Waals surface area contributed by atoms with Crippen molar-refractivity contribution < 1.29 is 14.3 Å². The number of benzene rings is 2. The van der Waals surface area contributed by atoms with E-state index in [-0.39, 0.29) is 11.7 Å². The summed E-state index contributed by atoms with van der Waals surface area (Å²) in [6.45, 7) is 0. The molecule has 0 saturated heterocycles. The Labute approximate surface area is 194 Å². The molecule has 1 aliphatic heterocycles. The molecule has 2 atom stereocenters. The Kier molecular flexibility index (Phi) is 6.12. The van der Waals surface area contributed by atoms with Crippen LogP contribution in [0.4, 0.5) is 0 Å². The number of hydrogen-bond acceptors (Lipinski definition) is 7. The number of carbonyl (C=O) groups excluding carboxylic acids is 1. The highest BCUT2D eigenvalue weighted by Gasteiger charge is 2.43. The zero-order valence-corrected chi connectivity index (χ0v) is 19.3. The average Bonchev–Trinajstić information content (AvgIpc) is 2.82. The summed E-state index contributed by atoms with van der Waals surface area (Å²) in [5, 5.41) is 13.7. The summed E-state index contributed by atoms with van der Waals surface area (Å²) in [5.41, 5.74) is 10.3. The van der Waals surface area contributed by atoms with Gasteiger partial charge in [0.1, 0.15) is 5.82 Å². The molecule has 2 aromatic carbocycles. The molecule has 2 aromatic rings. The second kappa shape index (κ2) is 9.00. The summed E-state index contributed by atoms with van der Waals surface area (Å²) in [4.78, 5) is 13.7. The van der Waals surface area contributed by atoms with Crippen molar-refractivity contribution in [2.45, 2.75) is 24.7 Å². The van der Waals surface area contributed by atoms with Crippen LogP contribution in [0.3, 0.4) is 0 Å². The first-order valence-electron chi connectivity index (χ1n) is 10.8. The fourth-order valence-electron chi connectivity index (χ4n) is 4.90. The van der Waals surface area contributed by atoms with E-state index in [1.165, 1.54) is 0 Å². The van der Waals surface area contributed by atoms with Crippen molar-refractivity contribution in [1.82, 2.24) is 10.0 Å². The van der Waals surface area contributed by atoms with Crippen LogP contribution in [0.2, 0.25) is 0 Å². The molecule has 0 spiro atoms. The highest BCUT2D eigenvalue weighted by molar-refractivity contribution is 6.00. The van der Waals surface area contributed by atoms with Gasteiger partial charge in [-0.1, -0.05) is 36.4 Å². The highest BCUT2D eigenvalue weighted by atomic mass is 16.5. The van der Waals surface area contributed by atoms with Gasteiger partial charge in [0.15, 0.2) is 17.3 Å². The smallest absolute Gasteiger partial charge is 0.162 e. The molecule has 0 saturated carbocycles. The maximum absolute atomic E-state index is 13.7. The van der Waals surface area contributed by atoms with Crippen molar-refractivity contribution in [1.29, 1.82) is 5.26 Å². The largest absolute Gasteiger partial charge is 0.493 e. The van der Waals surface area contributed by atoms with Crippen molar-refractivity contribution in [2.24, 2.45) is 5.73 Å². The number of hydrazine groups is 1. The number of allylic oxidation sites excluding steroid dienone is 3. The van der Waals surface area contributed by atoms with Crippen LogP contribution >= 0.6 is 0 Å². The van der Waals surface area contributed by atoms with Gasteiger partial charge in [0.25, 0.3) is 0 Å². The summed E-state index contributed by atoms with van der Waals surface area (Å²) in [7, 11) is 6.85. The molecule has 33 heavy (non-hydrogen) atoms. The van der Waals surface area contributed by atoms with Crippen molar-refractivity contribution in [3.05, 3.63) is 82.3 Å². The third kappa shape index (κ3) is 3.83. The second-order valence-corrected chi connectivity index (χ2v) is 8.42. The van der Waals surface area contributed by atoms with E-state index >= 15 is 0 Å². The minimum Gasteiger partial charge on any atom is -0.493 e. The lowest BCUT2D eigenvalue weighted by Gasteiger charge is -2.43. The zero-order valence-electron chi connectivity index (χ0n) is 19.3. The summed E-state index contributed by atoms with van der Waals surface area (Å²) in [5.74, 6) is 0.955. The Hall–Kier alpha value is -3.76. The van der Waals surface area contributed by atoms with E-state index in [4.69, 9.17) is 15.2 Å². The second-order valence-electron chi connectivity index (χ2n) is 8.42. The zero-order chi connectivity index (χ0) is 23.7. The van der Waals surface area contributed by atoms with Gasteiger partial charge in [-0.05, 0) is 35.6 Å². The number of nitrogens with zero attached hydrogens (tertiary/aromatic N) is 3. The number of Topliss-reactive ketones (excluding diaryl/α,β-unsaturated/α-hetero) is 1. The normalized spacial score (nSPS) is 20.6. The van der Waals surface area contributed by atoms with E-state index in [1.54, 1.807) is 25.3 Å². The fraction of sp³-hybridized carbons (Fsp3) is 0.308. The number of ether oxygens (including phenoxy) is 2. The van der Waals surface area contributed by atoms with Crippen LogP contribution in [0.15, 0.2) is 71.2 Å². The Balaban J connectivity index is 1.90. The molecular weight excluding hydrogens is 416 g/mol. The monoisotopic (exact) mass is 444 g/mol. The van der Waals surface area contributed by atoms with Gasteiger partial charge in [0.2, 0.25) is 0 Å². The maximum atomic E-state index is 13.7. The molecule has 2 unspecified atom stereocenters. The topological polar surface area (TPSA) is 91.8 Å². The minimum absolute atomic E-state index is 0.0250. The van der Waals surface area contributed by atoms with Gasteiger partial charge in [-0.3, -0.25) is 9.80 Å². The van der Waals surface area contributed by atoms with Crippen LogP contribution in [-0.4, -0.2) is 44.1 Å². The van der Waals surface area contributed by atoms with Gasteiger partial charge in [0.05, 0.1) is 31.8 Å². The van der Waals surface area contributed by atoms with E-state index in [2.05, 4.69) is 18.2 Å². The average molecular weight is 445 g/mol. The molecule has 2 aliphatic rings. The molecule has 7 nitrogen and oxygen atoms in total. The lowest BCUT2D eigenvalue weighted by atomic mass is 9.72.